The van der Waals surface area contributed by atoms with Gasteiger partial charge in [-0.15, -0.1) is 0 Å². The molecule has 5 nitrogen and oxygen atoms in total. The number of carboxylic acid groups (broad SMARTS) is 1. The molecule has 0 aromatic rings. The highest BCUT2D eigenvalue weighted by Gasteiger charge is 2.59. The molecule has 3 unspecified atom stereocenters. The Morgan fingerprint density at radius 2 is 1.95 bits per heavy atom. The van der Waals surface area contributed by atoms with Gasteiger partial charge in [-0.25, -0.2) is 4.79 Å². The molecule has 0 saturated heterocycles. The molecule has 0 spiro atoms. The summed E-state index contributed by atoms with van der Waals surface area (Å²) in [4.78, 5) is 24.9. The molecule has 0 radical (unpaired) electrons. The molecule has 0 heterocycles. The quantitative estimate of drug-likeness (QED) is 0.838. The number of carboxylic acids is 1. The van der Waals surface area contributed by atoms with Crippen LogP contribution >= 0.6 is 0 Å². The first-order valence-corrected chi connectivity index (χ1v) is 7.87. The van der Waals surface area contributed by atoms with Crippen molar-refractivity contribution >= 4 is 12.0 Å². The summed E-state index contributed by atoms with van der Waals surface area (Å²) in [6.45, 7) is 10.1. The van der Waals surface area contributed by atoms with Crippen LogP contribution in [-0.4, -0.2) is 40.6 Å². The van der Waals surface area contributed by atoms with Crippen LogP contribution in [0.5, 0.6) is 0 Å². The van der Waals surface area contributed by atoms with Gasteiger partial charge in [-0.3, -0.25) is 4.79 Å². The lowest BCUT2D eigenvalue weighted by Crippen LogP contribution is -2.57. The van der Waals surface area contributed by atoms with E-state index >= 15 is 0 Å². The van der Waals surface area contributed by atoms with Gasteiger partial charge in [-0.05, 0) is 49.9 Å². The molecule has 2 saturated carbocycles. The van der Waals surface area contributed by atoms with Crippen molar-refractivity contribution in [2.24, 2.45) is 16.7 Å². The first-order valence-electron chi connectivity index (χ1n) is 7.87. The lowest BCUT2D eigenvalue weighted by Gasteiger charge is -2.44. The van der Waals surface area contributed by atoms with E-state index in [9.17, 15) is 9.59 Å². The minimum absolute atomic E-state index is 0.0779. The molecule has 2 rings (SSSR count). The minimum Gasteiger partial charge on any atom is -0.480 e. The lowest BCUT2D eigenvalue weighted by molar-refractivity contribution is -0.138. The fourth-order valence-corrected chi connectivity index (χ4v) is 4.50. The van der Waals surface area contributed by atoms with E-state index in [4.69, 9.17) is 5.11 Å². The first-order chi connectivity index (χ1) is 9.58. The molecular weight excluding hydrogens is 268 g/mol. The van der Waals surface area contributed by atoms with E-state index in [0.717, 1.165) is 12.8 Å². The number of aliphatic carboxylic acids is 1. The minimum atomic E-state index is -0.975. The molecule has 2 fully saturated rings. The molecule has 21 heavy (non-hydrogen) atoms. The standard InChI is InChI=1S/C16H28N2O3/c1-10(2)18(9-12(19)20)14(21)17-13-15(3,4)11-6-7-16(13,5)8-11/h10-11,13H,6-9H2,1-5H3,(H,17,21)(H,19,20). The second-order valence-electron chi connectivity index (χ2n) is 7.91. The number of hydrogen-bond donors (Lipinski definition) is 2. The third-order valence-electron chi connectivity index (χ3n) is 5.73. The number of amides is 2. The number of urea groups is 1. The number of rotatable bonds is 4. The van der Waals surface area contributed by atoms with Crippen LogP contribution in [0.4, 0.5) is 4.79 Å². The van der Waals surface area contributed by atoms with Crippen LogP contribution < -0.4 is 5.32 Å². The van der Waals surface area contributed by atoms with Crippen molar-refractivity contribution in [2.75, 3.05) is 6.54 Å². The van der Waals surface area contributed by atoms with Crippen molar-refractivity contribution in [2.45, 2.75) is 66.0 Å². The molecule has 0 aliphatic heterocycles. The number of nitrogens with one attached hydrogen (secondary N) is 1. The fourth-order valence-electron chi connectivity index (χ4n) is 4.50. The van der Waals surface area contributed by atoms with Gasteiger partial charge < -0.3 is 15.3 Å². The van der Waals surface area contributed by atoms with Crippen LogP contribution in [0, 0.1) is 16.7 Å². The zero-order valence-corrected chi connectivity index (χ0v) is 13.8. The van der Waals surface area contributed by atoms with E-state index < -0.39 is 5.97 Å². The van der Waals surface area contributed by atoms with Gasteiger partial charge in [0.2, 0.25) is 0 Å². The fraction of sp³-hybridized carbons (Fsp3) is 0.875. The highest BCUT2D eigenvalue weighted by molar-refractivity contribution is 5.80. The van der Waals surface area contributed by atoms with Gasteiger partial charge >= 0.3 is 12.0 Å². The van der Waals surface area contributed by atoms with E-state index in [-0.39, 0.29) is 35.5 Å². The number of carbonyl (C=O) groups is 2. The van der Waals surface area contributed by atoms with Gasteiger partial charge in [0.25, 0.3) is 0 Å². The average molecular weight is 296 g/mol. The highest BCUT2D eigenvalue weighted by Crippen LogP contribution is 2.62. The summed E-state index contributed by atoms with van der Waals surface area (Å²) >= 11 is 0. The van der Waals surface area contributed by atoms with Crippen LogP contribution in [0.3, 0.4) is 0 Å². The topological polar surface area (TPSA) is 69.6 Å². The molecule has 2 aliphatic carbocycles. The van der Waals surface area contributed by atoms with Crippen LogP contribution in [0.25, 0.3) is 0 Å². The molecule has 0 aromatic carbocycles. The summed E-state index contributed by atoms with van der Waals surface area (Å²) in [5.74, 6) is -0.322. The molecule has 2 aliphatic rings. The highest BCUT2D eigenvalue weighted by atomic mass is 16.4. The maximum Gasteiger partial charge on any atom is 0.323 e. The van der Waals surface area contributed by atoms with E-state index in [1.807, 2.05) is 13.8 Å². The zero-order chi connectivity index (χ0) is 16.0. The predicted octanol–water partition coefficient (Wildman–Crippen LogP) is 2.71. The summed E-state index contributed by atoms with van der Waals surface area (Å²) in [7, 11) is 0. The zero-order valence-electron chi connectivity index (χ0n) is 13.8. The summed E-state index contributed by atoms with van der Waals surface area (Å²) in [5.41, 5.74) is 0.226. The van der Waals surface area contributed by atoms with Crippen LogP contribution in [0.2, 0.25) is 0 Å². The van der Waals surface area contributed by atoms with Gasteiger partial charge in [0.1, 0.15) is 6.54 Å². The molecule has 3 atom stereocenters. The largest absolute Gasteiger partial charge is 0.480 e. The SMILES string of the molecule is CC(C)N(CC(=O)O)C(=O)NC1C2(C)CCC(C2)C1(C)C. The summed E-state index contributed by atoms with van der Waals surface area (Å²) in [6.07, 6.45) is 3.54. The van der Waals surface area contributed by atoms with E-state index in [1.54, 1.807) is 0 Å². The number of nitrogens with zero attached hydrogens (tertiary/aromatic N) is 1. The van der Waals surface area contributed by atoms with E-state index in [0.29, 0.717) is 5.92 Å². The van der Waals surface area contributed by atoms with Gasteiger partial charge in [0.15, 0.2) is 0 Å². The van der Waals surface area contributed by atoms with Crippen molar-refractivity contribution in [3.8, 4) is 0 Å². The van der Waals surface area contributed by atoms with Crippen molar-refractivity contribution in [1.29, 1.82) is 0 Å². The Hall–Kier alpha value is -1.26. The van der Waals surface area contributed by atoms with E-state index in [1.165, 1.54) is 11.3 Å². The Balaban J connectivity index is 2.13. The van der Waals surface area contributed by atoms with Crippen LogP contribution in [0.15, 0.2) is 0 Å². The normalized spacial score (nSPS) is 33.2. The van der Waals surface area contributed by atoms with Crippen molar-refractivity contribution in [1.82, 2.24) is 10.2 Å². The smallest absolute Gasteiger partial charge is 0.323 e. The van der Waals surface area contributed by atoms with Gasteiger partial charge in [0, 0.05) is 12.1 Å². The predicted molar refractivity (Wildman–Crippen MR) is 81.0 cm³/mol. The Labute approximate surface area is 127 Å². The second-order valence-corrected chi connectivity index (χ2v) is 7.91. The molecule has 5 heteroatoms. The van der Waals surface area contributed by atoms with Crippen LogP contribution in [0.1, 0.15) is 53.9 Å². The molecule has 120 valence electrons. The Bertz CT molecular complexity index is 442. The third kappa shape index (κ3) is 2.74. The lowest BCUT2D eigenvalue weighted by atomic mass is 9.68. The van der Waals surface area contributed by atoms with Gasteiger partial charge in [-0.1, -0.05) is 20.8 Å². The maximum atomic E-state index is 12.5. The molecular formula is C16H28N2O3. The van der Waals surface area contributed by atoms with Crippen molar-refractivity contribution < 1.29 is 14.7 Å². The average Bonchev–Trinajstić information content (AvgIpc) is 2.82. The second kappa shape index (κ2) is 5.18. The molecule has 2 bridgehead atoms. The Morgan fingerprint density at radius 3 is 2.38 bits per heavy atom. The third-order valence-corrected chi connectivity index (χ3v) is 5.73. The number of carbonyl (C=O) groups excluding carboxylic acids is 1. The van der Waals surface area contributed by atoms with Gasteiger partial charge in [0.05, 0.1) is 0 Å². The van der Waals surface area contributed by atoms with Crippen LogP contribution in [-0.2, 0) is 4.79 Å². The summed E-state index contributed by atoms with van der Waals surface area (Å²) < 4.78 is 0. The number of hydrogen-bond acceptors (Lipinski definition) is 2. The Morgan fingerprint density at radius 1 is 1.33 bits per heavy atom. The first kappa shape index (κ1) is 16.1. The van der Waals surface area contributed by atoms with Crippen molar-refractivity contribution in [3.63, 3.8) is 0 Å². The summed E-state index contributed by atoms with van der Waals surface area (Å²) in [6, 6.07) is -0.263. The maximum absolute atomic E-state index is 12.5. The molecule has 2 amide bonds. The monoisotopic (exact) mass is 296 g/mol. The van der Waals surface area contributed by atoms with Gasteiger partial charge in [-0.2, -0.15) is 0 Å². The number of fused-ring (bicyclic) bond motifs is 2. The Kier molecular flexibility index (Phi) is 3.98. The molecule has 0 aromatic heterocycles. The molecule has 2 N–H and O–H groups in total. The summed E-state index contributed by atoms with van der Waals surface area (Å²) in [5, 5.41) is 12.1. The van der Waals surface area contributed by atoms with Crippen molar-refractivity contribution in [3.05, 3.63) is 0 Å². The van der Waals surface area contributed by atoms with E-state index in [2.05, 4.69) is 26.1 Å².